The van der Waals surface area contributed by atoms with E-state index in [0.717, 1.165) is 4.62 Å². The van der Waals surface area contributed by atoms with E-state index in [0.29, 0.717) is 6.54 Å². The number of carbonyl (C=O) groups excluding carboxylic acids is 1. The molecule has 4 nitrogen and oxygen atoms in total. The topological polar surface area (TPSA) is 47.6 Å². The molecule has 0 saturated heterocycles. The molecule has 1 amide bonds. The molecular formula is C21H45NO3Sn. The van der Waals surface area contributed by atoms with Crippen molar-refractivity contribution in [3.63, 3.8) is 0 Å². The molecule has 26 heavy (non-hydrogen) atoms. The van der Waals surface area contributed by atoms with Crippen LogP contribution in [0.25, 0.3) is 0 Å². The maximum atomic E-state index is 11.8. The Bertz CT molecular complexity index is 347. The van der Waals surface area contributed by atoms with Crippen molar-refractivity contribution in [1.29, 1.82) is 0 Å². The zero-order chi connectivity index (χ0) is 20.1. The van der Waals surface area contributed by atoms with Gasteiger partial charge in [-0.2, -0.15) is 0 Å². The molecule has 5 heteroatoms. The average molecular weight is 478 g/mol. The van der Waals surface area contributed by atoms with Gasteiger partial charge in [-0.05, 0) is 0 Å². The molecule has 0 saturated carbocycles. The van der Waals surface area contributed by atoms with E-state index in [2.05, 4.69) is 33.0 Å². The van der Waals surface area contributed by atoms with Gasteiger partial charge in [0.25, 0.3) is 0 Å². The Labute approximate surface area is 167 Å². The van der Waals surface area contributed by atoms with Gasteiger partial charge < -0.3 is 0 Å². The molecule has 0 aliphatic carbocycles. The second-order valence-electron chi connectivity index (χ2n) is 8.82. The second-order valence-corrected chi connectivity index (χ2v) is 22.5. The van der Waals surface area contributed by atoms with Gasteiger partial charge in [-0.25, -0.2) is 0 Å². The van der Waals surface area contributed by atoms with E-state index in [9.17, 15) is 4.79 Å². The molecule has 0 bridgehead atoms. The van der Waals surface area contributed by atoms with E-state index in [1.54, 1.807) is 0 Å². The van der Waals surface area contributed by atoms with Crippen molar-refractivity contribution in [1.82, 2.24) is 5.32 Å². The molecule has 0 aliphatic heterocycles. The van der Waals surface area contributed by atoms with Gasteiger partial charge in [0, 0.05) is 0 Å². The zero-order valence-electron chi connectivity index (χ0n) is 18.6. The normalized spacial score (nSPS) is 13.5. The number of alkyl carbamates (subject to hydrolysis) is 1. The molecule has 0 spiro atoms. The summed E-state index contributed by atoms with van der Waals surface area (Å²) >= 11 is -2.24. The van der Waals surface area contributed by atoms with Crippen LogP contribution >= 0.6 is 0 Å². The van der Waals surface area contributed by atoms with E-state index in [4.69, 9.17) is 9.47 Å². The molecule has 1 N–H and O–H groups in total. The predicted molar refractivity (Wildman–Crippen MR) is 115 cm³/mol. The first kappa shape index (κ1) is 26.0. The maximum absolute atomic E-state index is 11.8. The number of hydrogen-bond acceptors (Lipinski definition) is 3. The first-order valence-electron chi connectivity index (χ1n) is 10.8. The number of amides is 1. The van der Waals surface area contributed by atoms with E-state index < -0.39 is 24.0 Å². The van der Waals surface area contributed by atoms with Crippen LogP contribution in [0, 0.1) is 0 Å². The molecule has 0 aromatic heterocycles. The molecule has 0 aromatic carbocycles. The van der Waals surface area contributed by atoms with Gasteiger partial charge in [0.1, 0.15) is 0 Å². The van der Waals surface area contributed by atoms with Crippen LogP contribution in [-0.4, -0.2) is 47.3 Å². The van der Waals surface area contributed by atoms with Gasteiger partial charge >= 0.3 is 167 Å². The summed E-state index contributed by atoms with van der Waals surface area (Å²) in [6.45, 7) is 15.1. The summed E-state index contributed by atoms with van der Waals surface area (Å²) in [5.41, 5.74) is -0.458. The summed E-state index contributed by atoms with van der Waals surface area (Å²) in [5, 5.41) is 2.84. The van der Waals surface area contributed by atoms with Crippen molar-refractivity contribution in [2.45, 2.75) is 112 Å². The number of hydrogen-bond donors (Lipinski definition) is 1. The Balaban J connectivity index is 4.59. The Morgan fingerprint density at radius 1 is 0.962 bits per heavy atom. The summed E-state index contributed by atoms with van der Waals surface area (Å²) in [5.74, 6) is 0. The van der Waals surface area contributed by atoms with Crippen LogP contribution < -0.4 is 5.32 Å². The number of nitrogens with one attached hydrogen (secondary N) is 1. The van der Waals surface area contributed by atoms with E-state index >= 15 is 0 Å². The van der Waals surface area contributed by atoms with Crippen LogP contribution in [0.2, 0.25) is 13.3 Å². The van der Waals surface area contributed by atoms with Crippen LogP contribution in [0.1, 0.15) is 87.0 Å². The minimum absolute atomic E-state index is 0.0449. The standard InChI is InChI=1S/C9H18NO3.3C4H9.Sn/c1-7(12-5)6-10-8(11)13-9(2,3)4;3*1-3-4-2;/h7H,5-6H2,1-4H3,(H,10,11);3*1,3-4H2,2H3;. The minimum atomic E-state index is -2.24. The first-order chi connectivity index (χ1) is 12.2. The van der Waals surface area contributed by atoms with Crippen molar-refractivity contribution >= 4 is 24.5 Å². The van der Waals surface area contributed by atoms with Crippen LogP contribution in [0.3, 0.4) is 0 Å². The molecule has 0 rings (SSSR count). The van der Waals surface area contributed by atoms with Crippen LogP contribution in [0.15, 0.2) is 0 Å². The van der Waals surface area contributed by atoms with Crippen molar-refractivity contribution in [2.75, 3.05) is 11.2 Å². The summed E-state index contributed by atoms with van der Waals surface area (Å²) < 4.78 is 17.0. The summed E-state index contributed by atoms with van der Waals surface area (Å²) in [6, 6.07) is 0. The van der Waals surface area contributed by atoms with Gasteiger partial charge in [0.2, 0.25) is 0 Å². The molecule has 156 valence electrons. The third kappa shape index (κ3) is 13.2. The monoisotopic (exact) mass is 479 g/mol. The number of unbranched alkanes of at least 4 members (excludes halogenated alkanes) is 3. The fraction of sp³-hybridized carbons (Fsp3) is 0.952. The Morgan fingerprint density at radius 2 is 1.42 bits per heavy atom. The Morgan fingerprint density at radius 3 is 1.81 bits per heavy atom. The van der Waals surface area contributed by atoms with Gasteiger partial charge in [-0.1, -0.05) is 0 Å². The average Bonchev–Trinajstić information content (AvgIpc) is 2.57. The summed E-state index contributed by atoms with van der Waals surface area (Å²) in [6.07, 6.45) is 7.62. The molecule has 0 fully saturated rings. The molecule has 0 heterocycles. The van der Waals surface area contributed by atoms with Crippen molar-refractivity contribution < 1.29 is 14.3 Å². The Kier molecular flexibility index (Phi) is 14.1. The van der Waals surface area contributed by atoms with Crippen LogP contribution in [0.5, 0.6) is 0 Å². The van der Waals surface area contributed by atoms with Gasteiger partial charge in [0.05, 0.1) is 0 Å². The van der Waals surface area contributed by atoms with Crippen molar-refractivity contribution in [3.05, 3.63) is 0 Å². The SMILES string of the molecule is CCC[CH2][Sn]([CH2]CCC)([CH2]CCC)[CH2]OC(C)CNC(=O)OC(C)(C)C. The molecule has 1 atom stereocenters. The van der Waals surface area contributed by atoms with Crippen molar-refractivity contribution in [3.8, 4) is 0 Å². The van der Waals surface area contributed by atoms with E-state index in [1.807, 2.05) is 20.8 Å². The summed E-state index contributed by atoms with van der Waals surface area (Å²) in [7, 11) is 0. The Hall–Kier alpha value is 0.0287. The molecule has 0 radical (unpaired) electrons. The fourth-order valence-corrected chi connectivity index (χ4v) is 17.8. The molecular weight excluding hydrogens is 433 g/mol. The third-order valence-electron chi connectivity index (χ3n) is 4.79. The fourth-order valence-electron chi connectivity index (χ4n) is 3.17. The van der Waals surface area contributed by atoms with Gasteiger partial charge in [-0.15, -0.1) is 0 Å². The van der Waals surface area contributed by atoms with E-state index in [-0.39, 0.29) is 12.2 Å². The quantitative estimate of drug-likeness (QED) is 0.298. The van der Waals surface area contributed by atoms with Gasteiger partial charge in [-0.3, -0.25) is 0 Å². The summed E-state index contributed by atoms with van der Waals surface area (Å²) in [4.78, 5) is 11.8. The number of carbonyl (C=O) groups is 1. The van der Waals surface area contributed by atoms with Crippen LogP contribution in [0.4, 0.5) is 4.79 Å². The first-order valence-corrected chi connectivity index (χ1v) is 18.8. The molecule has 0 aromatic rings. The third-order valence-corrected chi connectivity index (χ3v) is 19.1. The second kappa shape index (κ2) is 14.1. The number of ether oxygens (including phenoxy) is 2. The zero-order valence-corrected chi connectivity index (χ0v) is 21.4. The van der Waals surface area contributed by atoms with E-state index in [1.165, 1.54) is 51.8 Å². The molecule has 1 unspecified atom stereocenters. The predicted octanol–water partition coefficient (Wildman–Crippen LogP) is 6.30. The van der Waals surface area contributed by atoms with Gasteiger partial charge in [0.15, 0.2) is 0 Å². The van der Waals surface area contributed by atoms with Crippen LogP contribution in [-0.2, 0) is 9.47 Å². The molecule has 0 aliphatic rings. The van der Waals surface area contributed by atoms with Crippen molar-refractivity contribution in [2.24, 2.45) is 0 Å². The number of rotatable bonds is 14.